The molecule has 3 heteroatoms. The fourth-order valence-electron chi connectivity index (χ4n) is 1.61. The second kappa shape index (κ2) is 2.29. The van der Waals surface area contributed by atoms with Crippen LogP contribution in [0.15, 0.2) is 36.9 Å². The summed E-state index contributed by atoms with van der Waals surface area (Å²) >= 11 is 0. The molecule has 2 heterocycles. The van der Waals surface area contributed by atoms with Crippen molar-refractivity contribution in [2.24, 2.45) is 0 Å². The minimum Gasteiger partial charge on any atom is -0.358 e. The second-order valence-corrected chi connectivity index (χ2v) is 3.01. The highest BCUT2D eigenvalue weighted by Crippen LogP contribution is 2.19. The first-order valence-corrected chi connectivity index (χ1v) is 4.17. The van der Waals surface area contributed by atoms with E-state index in [0.717, 1.165) is 16.4 Å². The lowest BCUT2D eigenvalue weighted by molar-refractivity contribution is -0.371. The summed E-state index contributed by atoms with van der Waals surface area (Å²) in [6, 6.07) is 4.12. The summed E-state index contributed by atoms with van der Waals surface area (Å²) in [6.45, 7) is 0. The molecule has 13 heavy (non-hydrogen) atoms. The maximum absolute atomic E-state index is 4.33. The number of hydrogen-bond donors (Lipinski definition) is 1. The van der Waals surface area contributed by atoms with Crippen LogP contribution in [-0.2, 0) is 0 Å². The number of benzene rings is 1. The van der Waals surface area contributed by atoms with Gasteiger partial charge in [-0.15, -0.1) is 0 Å². The van der Waals surface area contributed by atoms with Crippen molar-refractivity contribution >= 4 is 21.8 Å². The van der Waals surface area contributed by atoms with Gasteiger partial charge in [0.15, 0.2) is 12.4 Å². The Kier molecular flexibility index (Phi) is 1.16. The molecule has 0 saturated carbocycles. The summed E-state index contributed by atoms with van der Waals surface area (Å²) in [5.41, 5.74) is 2.08. The summed E-state index contributed by atoms with van der Waals surface area (Å²) in [4.78, 5) is 10.6. The maximum Gasteiger partial charge on any atom is 0.177 e. The van der Waals surface area contributed by atoms with E-state index in [1.165, 1.54) is 5.39 Å². The zero-order chi connectivity index (χ0) is 8.67. The summed E-state index contributed by atoms with van der Waals surface area (Å²) in [7, 11) is 0. The van der Waals surface area contributed by atoms with E-state index in [-0.39, 0.29) is 0 Å². The molecule has 0 saturated heterocycles. The van der Waals surface area contributed by atoms with Crippen LogP contribution in [0.5, 0.6) is 0 Å². The molecule has 0 spiro atoms. The van der Waals surface area contributed by atoms with Crippen LogP contribution in [0.2, 0.25) is 0 Å². The van der Waals surface area contributed by atoms with E-state index in [2.05, 4.69) is 21.0 Å². The minimum atomic E-state index is 1.02. The van der Waals surface area contributed by atoms with Crippen LogP contribution in [0.4, 0.5) is 0 Å². The molecule has 0 aliphatic rings. The largest absolute Gasteiger partial charge is 0.358 e. The van der Waals surface area contributed by atoms with Gasteiger partial charge in [-0.05, 0) is 12.1 Å². The Morgan fingerprint density at radius 2 is 2.23 bits per heavy atom. The van der Waals surface area contributed by atoms with Gasteiger partial charge in [-0.2, -0.15) is 0 Å². The van der Waals surface area contributed by atoms with E-state index >= 15 is 0 Å². The Hall–Kier alpha value is -1.90. The van der Waals surface area contributed by atoms with Crippen LogP contribution in [0.3, 0.4) is 0 Å². The van der Waals surface area contributed by atoms with E-state index in [0.29, 0.717) is 0 Å². The number of hydrogen-bond acceptors (Lipinski definition) is 1. The van der Waals surface area contributed by atoms with Gasteiger partial charge in [0.25, 0.3) is 0 Å². The zero-order valence-electron chi connectivity index (χ0n) is 6.91. The highest BCUT2D eigenvalue weighted by molar-refractivity contribution is 6.02. The molecule has 2 aromatic heterocycles. The van der Waals surface area contributed by atoms with Crippen LogP contribution in [0.25, 0.3) is 21.8 Å². The molecule has 3 rings (SSSR count). The molecule has 3 nitrogen and oxygen atoms in total. The minimum absolute atomic E-state index is 1.02. The van der Waals surface area contributed by atoms with Crippen LogP contribution < -0.4 is 4.98 Å². The van der Waals surface area contributed by atoms with E-state index in [4.69, 9.17) is 0 Å². The van der Waals surface area contributed by atoms with Crippen molar-refractivity contribution in [1.82, 2.24) is 9.97 Å². The molecule has 2 N–H and O–H groups in total. The molecule has 0 aliphatic heterocycles. The highest BCUT2D eigenvalue weighted by Gasteiger charge is 2.04. The van der Waals surface area contributed by atoms with Gasteiger partial charge in [-0.25, -0.2) is 4.98 Å². The summed E-state index contributed by atoms with van der Waals surface area (Å²) in [5.74, 6) is 0. The first kappa shape index (κ1) is 6.60. The smallest absolute Gasteiger partial charge is 0.177 e. The van der Waals surface area contributed by atoms with Gasteiger partial charge in [-0.3, -0.25) is 4.98 Å². The number of fused-ring (bicyclic) bond motifs is 3. The van der Waals surface area contributed by atoms with E-state index in [9.17, 15) is 0 Å². The standard InChI is InChI=1S/C10H7N3/c1-2-9-10(13-4-3-12-9)8-6-11-5-7(1)8/h1-6,12H/p+1. The summed E-state index contributed by atoms with van der Waals surface area (Å²) < 4.78 is 0. The van der Waals surface area contributed by atoms with Gasteiger partial charge >= 0.3 is 0 Å². The van der Waals surface area contributed by atoms with Crippen molar-refractivity contribution in [2.45, 2.75) is 0 Å². The predicted molar refractivity (Wildman–Crippen MR) is 50.2 cm³/mol. The van der Waals surface area contributed by atoms with Crippen LogP contribution in [-0.4, -0.2) is 9.97 Å². The lowest BCUT2D eigenvalue weighted by Gasteiger charge is -1.95. The zero-order valence-corrected chi connectivity index (χ0v) is 6.91. The topological polar surface area (TPSA) is 42.8 Å². The fourth-order valence-corrected chi connectivity index (χ4v) is 1.61. The average molecular weight is 170 g/mol. The normalized spacial score (nSPS) is 11.1. The van der Waals surface area contributed by atoms with Crippen LogP contribution >= 0.6 is 0 Å². The number of nitrogens with zero attached hydrogens (tertiary/aromatic N) is 1. The van der Waals surface area contributed by atoms with Crippen molar-refractivity contribution in [3.63, 3.8) is 0 Å². The predicted octanol–water partition coefficient (Wildman–Crippen LogP) is 1.53. The van der Waals surface area contributed by atoms with Gasteiger partial charge in [0, 0.05) is 12.4 Å². The van der Waals surface area contributed by atoms with Crippen molar-refractivity contribution in [3.05, 3.63) is 36.9 Å². The number of rotatable bonds is 0. The fraction of sp³-hybridized carbons (Fsp3) is 0. The Morgan fingerprint density at radius 3 is 3.23 bits per heavy atom. The lowest BCUT2D eigenvalue weighted by Crippen LogP contribution is -1.88. The van der Waals surface area contributed by atoms with E-state index in [1.54, 1.807) is 6.20 Å². The molecule has 0 atom stereocenters. The van der Waals surface area contributed by atoms with Gasteiger partial charge < -0.3 is 4.98 Å². The maximum atomic E-state index is 4.33. The van der Waals surface area contributed by atoms with Crippen molar-refractivity contribution in [1.29, 1.82) is 0 Å². The third-order valence-electron chi connectivity index (χ3n) is 2.23. The Balaban J connectivity index is 2.65. The molecule has 0 radical (unpaired) electrons. The molecule has 0 unspecified atom stereocenters. The van der Waals surface area contributed by atoms with Gasteiger partial charge in [0.2, 0.25) is 0 Å². The Labute approximate surface area is 74.4 Å². The highest BCUT2D eigenvalue weighted by atomic mass is 14.8. The lowest BCUT2D eigenvalue weighted by atomic mass is 10.2. The van der Waals surface area contributed by atoms with Crippen LogP contribution in [0, 0.1) is 0 Å². The van der Waals surface area contributed by atoms with Crippen molar-refractivity contribution in [2.75, 3.05) is 0 Å². The Bertz CT molecular complexity index is 568. The monoisotopic (exact) mass is 170 g/mol. The molecule has 0 fully saturated rings. The molecule has 62 valence electrons. The molecular formula is C10H8N3+. The molecule has 0 amide bonds. The second-order valence-electron chi connectivity index (χ2n) is 3.01. The van der Waals surface area contributed by atoms with Crippen molar-refractivity contribution < 1.29 is 4.98 Å². The quantitative estimate of drug-likeness (QED) is 0.546. The van der Waals surface area contributed by atoms with Crippen molar-refractivity contribution in [3.8, 4) is 0 Å². The van der Waals surface area contributed by atoms with Gasteiger partial charge in [0.05, 0.1) is 16.3 Å². The number of nitrogens with one attached hydrogen (secondary N) is 2. The number of aromatic nitrogens is 3. The molecule has 1 aromatic carbocycles. The third kappa shape index (κ3) is 0.839. The molecule has 0 bridgehead atoms. The first-order chi connectivity index (χ1) is 6.45. The van der Waals surface area contributed by atoms with E-state index < -0.39 is 0 Å². The first-order valence-electron chi connectivity index (χ1n) is 4.17. The number of aromatic amines is 2. The van der Waals surface area contributed by atoms with Gasteiger partial charge in [0.1, 0.15) is 5.52 Å². The SMILES string of the molecule is c1c[nH]c2ccc3c[nH+]cc3c2n1. The summed E-state index contributed by atoms with van der Waals surface area (Å²) in [5, 5.41) is 2.36. The molecular weight excluding hydrogens is 162 g/mol. The summed E-state index contributed by atoms with van der Waals surface area (Å²) in [6.07, 6.45) is 7.55. The Morgan fingerprint density at radius 1 is 1.23 bits per heavy atom. The number of H-pyrrole nitrogens is 2. The average Bonchev–Trinajstić information content (AvgIpc) is 2.65. The molecule has 3 aromatic rings. The van der Waals surface area contributed by atoms with E-state index in [1.807, 2.05) is 24.7 Å². The van der Waals surface area contributed by atoms with Gasteiger partial charge in [-0.1, -0.05) is 0 Å². The molecule has 0 aliphatic carbocycles. The third-order valence-corrected chi connectivity index (χ3v) is 2.23. The van der Waals surface area contributed by atoms with Crippen LogP contribution in [0.1, 0.15) is 0 Å².